The molecule has 0 aromatic carbocycles. The first-order valence-electron chi connectivity index (χ1n) is 5.63. The summed E-state index contributed by atoms with van der Waals surface area (Å²) in [6.07, 6.45) is 5.66. The van der Waals surface area contributed by atoms with Crippen LogP contribution >= 0.6 is 0 Å². The highest BCUT2D eigenvalue weighted by Gasteiger charge is 2.03. The van der Waals surface area contributed by atoms with Crippen LogP contribution in [0, 0.1) is 0 Å². The second-order valence-corrected chi connectivity index (χ2v) is 3.64. The minimum absolute atomic E-state index is 0.216. The van der Waals surface area contributed by atoms with Crippen molar-refractivity contribution in [3.8, 4) is 5.75 Å². The second kappa shape index (κ2) is 7.06. The summed E-state index contributed by atoms with van der Waals surface area (Å²) in [5.41, 5.74) is -0.245. The van der Waals surface area contributed by atoms with Crippen LogP contribution in [-0.4, -0.2) is 11.7 Å². The molecule has 0 saturated heterocycles. The van der Waals surface area contributed by atoms with Crippen molar-refractivity contribution in [2.24, 2.45) is 0 Å². The molecule has 0 fully saturated rings. The number of ether oxygens (including phenoxy) is 1. The van der Waals surface area contributed by atoms with Crippen LogP contribution < -0.4 is 10.2 Å². The van der Waals surface area contributed by atoms with E-state index in [0.29, 0.717) is 6.61 Å². The van der Waals surface area contributed by atoms with Crippen LogP contribution in [-0.2, 0) is 6.61 Å². The van der Waals surface area contributed by atoms with E-state index in [1.807, 2.05) is 0 Å². The molecule has 1 rings (SSSR count). The van der Waals surface area contributed by atoms with E-state index in [1.54, 1.807) is 0 Å². The maximum Gasteiger partial charge on any atom is 0.227 e. The van der Waals surface area contributed by atoms with Crippen LogP contribution in [0.25, 0.3) is 0 Å². The molecule has 0 bridgehead atoms. The Morgan fingerprint density at radius 1 is 1.38 bits per heavy atom. The van der Waals surface area contributed by atoms with E-state index in [1.165, 1.54) is 25.2 Å². The van der Waals surface area contributed by atoms with Crippen LogP contribution in [0.5, 0.6) is 5.75 Å². The Balaban J connectivity index is 2.39. The molecule has 1 heterocycles. The molecule has 0 saturated carbocycles. The molecule has 1 aromatic rings. The van der Waals surface area contributed by atoms with E-state index in [2.05, 4.69) is 6.92 Å². The zero-order chi connectivity index (χ0) is 11.8. The zero-order valence-electron chi connectivity index (χ0n) is 9.57. The van der Waals surface area contributed by atoms with E-state index in [4.69, 9.17) is 14.3 Å². The molecule has 0 unspecified atom stereocenters. The van der Waals surface area contributed by atoms with Gasteiger partial charge in [-0.15, -0.1) is 0 Å². The molecule has 0 aliphatic carbocycles. The molecular weight excluding hydrogens is 208 g/mol. The molecule has 4 nitrogen and oxygen atoms in total. The molecule has 4 heteroatoms. The van der Waals surface area contributed by atoms with E-state index in [9.17, 15) is 4.79 Å². The minimum Gasteiger partial charge on any atom is -0.487 e. The summed E-state index contributed by atoms with van der Waals surface area (Å²) < 4.78 is 10.3. The number of aliphatic hydroxyl groups excluding tert-OH is 1. The van der Waals surface area contributed by atoms with Gasteiger partial charge in [-0.05, 0) is 6.42 Å². The average molecular weight is 226 g/mol. The Bertz CT molecular complexity index is 356. The lowest BCUT2D eigenvalue weighted by atomic mass is 10.2. The second-order valence-electron chi connectivity index (χ2n) is 3.64. The molecule has 16 heavy (non-hydrogen) atoms. The van der Waals surface area contributed by atoms with Gasteiger partial charge in [0.1, 0.15) is 18.6 Å². The maximum absolute atomic E-state index is 11.4. The third-order valence-electron chi connectivity index (χ3n) is 2.26. The molecule has 0 atom stereocenters. The SMILES string of the molecule is CCCCCCOc1coc(CO)cc1=O. The molecule has 1 aromatic heterocycles. The molecular formula is C12H18O4. The highest BCUT2D eigenvalue weighted by molar-refractivity contribution is 5.17. The fourth-order valence-corrected chi connectivity index (χ4v) is 1.34. The first-order valence-corrected chi connectivity index (χ1v) is 5.63. The van der Waals surface area contributed by atoms with Gasteiger partial charge in [0.25, 0.3) is 0 Å². The molecule has 90 valence electrons. The van der Waals surface area contributed by atoms with Gasteiger partial charge in [0.2, 0.25) is 11.2 Å². The Morgan fingerprint density at radius 2 is 2.19 bits per heavy atom. The van der Waals surface area contributed by atoms with Crippen LogP contribution in [0.15, 0.2) is 21.5 Å². The fraction of sp³-hybridized carbons (Fsp3) is 0.583. The number of unbranched alkanes of at least 4 members (excludes halogenated alkanes) is 3. The molecule has 0 spiro atoms. The summed E-state index contributed by atoms with van der Waals surface area (Å²) in [5, 5.41) is 8.75. The van der Waals surface area contributed by atoms with Crippen molar-refractivity contribution >= 4 is 0 Å². The van der Waals surface area contributed by atoms with Gasteiger partial charge >= 0.3 is 0 Å². The summed E-state index contributed by atoms with van der Waals surface area (Å²) in [4.78, 5) is 11.4. The quantitative estimate of drug-likeness (QED) is 0.723. The normalized spacial score (nSPS) is 10.4. The lowest BCUT2D eigenvalue weighted by Crippen LogP contribution is -2.08. The van der Waals surface area contributed by atoms with Crippen molar-refractivity contribution in [2.75, 3.05) is 6.61 Å². The van der Waals surface area contributed by atoms with E-state index >= 15 is 0 Å². The van der Waals surface area contributed by atoms with Gasteiger partial charge in [0.05, 0.1) is 6.61 Å². The third-order valence-corrected chi connectivity index (χ3v) is 2.26. The lowest BCUT2D eigenvalue weighted by Gasteiger charge is -2.04. The van der Waals surface area contributed by atoms with Crippen molar-refractivity contribution in [3.63, 3.8) is 0 Å². The average Bonchev–Trinajstić information content (AvgIpc) is 2.30. The van der Waals surface area contributed by atoms with Gasteiger partial charge in [-0.1, -0.05) is 26.2 Å². The largest absolute Gasteiger partial charge is 0.487 e. The molecule has 1 N–H and O–H groups in total. The molecule has 0 radical (unpaired) electrons. The minimum atomic E-state index is -0.272. The molecule has 0 amide bonds. The number of rotatable bonds is 7. The summed E-state index contributed by atoms with van der Waals surface area (Å²) in [7, 11) is 0. The van der Waals surface area contributed by atoms with Gasteiger partial charge in [-0.2, -0.15) is 0 Å². The lowest BCUT2D eigenvalue weighted by molar-refractivity contribution is 0.236. The van der Waals surface area contributed by atoms with E-state index in [-0.39, 0.29) is 23.5 Å². The number of aliphatic hydroxyl groups is 1. The first kappa shape index (κ1) is 12.8. The first-order chi connectivity index (χ1) is 7.77. The summed E-state index contributed by atoms with van der Waals surface area (Å²) in [5.74, 6) is 0.469. The van der Waals surface area contributed by atoms with Crippen LogP contribution in [0.4, 0.5) is 0 Å². The Kier molecular flexibility index (Phi) is 5.64. The fourth-order valence-electron chi connectivity index (χ4n) is 1.34. The maximum atomic E-state index is 11.4. The van der Waals surface area contributed by atoms with Crippen molar-refractivity contribution in [1.82, 2.24) is 0 Å². The Labute approximate surface area is 94.9 Å². The summed E-state index contributed by atoms with van der Waals surface area (Å²) >= 11 is 0. The smallest absolute Gasteiger partial charge is 0.227 e. The molecule has 0 aliphatic heterocycles. The van der Waals surface area contributed by atoms with Gasteiger partial charge in [0.15, 0.2) is 0 Å². The van der Waals surface area contributed by atoms with Gasteiger partial charge in [0, 0.05) is 6.07 Å². The Morgan fingerprint density at radius 3 is 2.81 bits per heavy atom. The van der Waals surface area contributed by atoms with Crippen molar-refractivity contribution < 1.29 is 14.3 Å². The number of hydrogen-bond donors (Lipinski definition) is 1. The predicted octanol–water partition coefficient (Wildman–Crippen LogP) is 2.09. The number of hydrogen-bond acceptors (Lipinski definition) is 4. The van der Waals surface area contributed by atoms with Crippen LogP contribution in [0.3, 0.4) is 0 Å². The van der Waals surface area contributed by atoms with Crippen LogP contribution in [0.2, 0.25) is 0 Å². The van der Waals surface area contributed by atoms with Crippen molar-refractivity contribution in [1.29, 1.82) is 0 Å². The van der Waals surface area contributed by atoms with E-state index < -0.39 is 0 Å². The van der Waals surface area contributed by atoms with E-state index in [0.717, 1.165) is 12.8 Å². The van der Waals surface area contributed by atoms with Gasteiger partial charge < -0.3 is 14.3 Å². The third kappa shape index (κ3) is 4.06. The molecule has 0 aliphatic rings. The van der Waals surface area contributed by atoms with Gasteiger partial charge in [-0.3, -0.25) is 4.79 Å². The summed E-state index contributed by atoms with van der Waals surface area (Å²) in [6, 6.07) is 1.25. The van der Waals surface area contributed by atoms with Crippen molar-refractivity contribution in [3.05, 3.63) is 28.3 Å². The highest BCUT2D eigenvalue weighted by atomic mass is 16.5. The van der Waals surface area contributed by atoms with Crippen LogP contribution in [0.1, 0.15) is 38.4 Å². The Hall–Kier alpha value is -1.29. The standard InChI is InChI=1S/C12H18O4/c1-2-3-4-5-6-15-12-9-16-10(8-13)7-11(12)14/h7,9,13H,2-6,8H2,1H3. The van der Waals surface area contributed by atoms with Gasteiger partial charge in [-0.25, -0.2) is 0 Å². The predicted molar refractivity (Wildman–Crippen MR) is 60.5 cm³/mol. The monoisotopic (exact) mass is 226 g/mol. The summed E-state index contributed by atoms with van der Waals surface area (Å²) in [6.45, 7) is 2.40. The zero-order valence-corrected chi connectivity index (χ0v) is 9.57. The highest BCUT2D eigenvalue weighted by Crippen LogP contribution is 2.07. The van der Waals surface area contributed by atoms with Crippen molar-refractivity contribution in [2.45, 2.75) is 39.2 Å². The topological polar surface area (TPSA) is 59.7 Å².